The predicted octanol–water partition coefficient (Wildman–Crippen LogP) is 3.76. The molecule has 8 heteroatoms. The number of carbonyl (C=O) groups is 3. The highest BCUT2D eigenvalue weighted by Gasteiger charge is 2.24. The van der Waals surface area contributed by atoms with Crippen molar-refractivity contribution in [2.75, 3.05) is 24.6 Å². The van der Waals surface area contributed by atoms with E-state index in [1.165, 1.54) is 17.7 Å². The van der Waals surface area contributed by atoms with Gasteiger partial charge in [-0.15, -0.1) is 0 Å². The van der Waals surface area contributed by atoms with Gasteiger partial charge >= 0.3 is 12.1 Å². The second-order valence-electron chi connectivity index (χ2n) is 9.01. The molecule has 0 atom stereocenters. The Morgan fingerprint density at radius 3 is 2.61 bits per heavy atom. The monoisotopic (exact) mass is 433 g/mol. The zero-order valence-electron chi connectivity index (χ0n) is 19.1. The fourth-order valence-electron chi connectivity index (χ4n) is 2.90. The maximum atomic E-state index is 12.6. The smallest absolute Gasteiger partial charge is 0.416 e. The molecule has 0 aromatic carbocycles. The zero-order chi connectivity index (χ0) is 22.9. The highest BCUT2D eigenvalue weighted by atomic mass is 16.6. The summed E-state index contributed by atoms with van der Waals surface area (Å²) in [5, 5.41) is 2.59. The Kier molecular flexibility index (Phi) is 9.27. The molecule has 1 saturated carbocycles. The number of esters is 1. The van der Waals surface area contributed by atoms with Crippen molar-refractivity contribution in [3.8, 4) is 0 Å². The summed E-state index contributed by atoms with van der Waals surface area (Å²) in [4.78, 5) is 42.0. The van der Waals surface area contributed by atoms with E-state index in [9.17, 15) is 14.4 Å². The summed E-state index contributed by atoms with van der Waals surface area (Å²) in [7, 11) is 0. The van der Waals surface area contributed by atoms with Crippen LogP contribution >= 0.6 is 0 Å². The van der Waals surface area contributed by atoms with E-state index < -0.39 is 17.7 Å². The Hall–Kier alpha value is -2.64. The molecule has 2 amide bonds. The molecule has 1 fully saturated rings. The molecule has 0 saturated heterocycles. The summed E-state index contributed by atoms with van der Waals surface area (Å²) < 4.78 is 10.6. The maximum absolute atomic E-state index is 12.6. The molecule has 0 bridgehead atoms. The first-order valence-electron chi connectivity index (χ1n) is 11.0. The minimum atomic E-state index is -0.619. The number of hydrogen-bond acceptors (Lipinski definition) is 6. The molecule has 0 unspecified atom stereocenters. The maximum Gasteiger partial charge on any atom is 0.416 e. The number of nitrogens with zero attached hydrogens (tertiary/aromatic N) is 2. The number of hydrogen-bond donors (Lipinski definition) is 1. The van der Waals surface area contributed by atoms with Gasteiger partial charge in [0.05, 0.1) is 6.61 Å². The van der Waals surface area contributed by atoms with E-state index in [1.807, 2.05) is 39.8 Å². The third-order valence-corrected chi connectivity index (χ3v) is 4.74. The summed E-state index contributed by atoms with van der Waals surface area (Å²) in [6.07, 6.45) is 5.95. The lowest BCUT2D eigenvalue weighted by Gasteiger charge is -2.27. The van der Waals surface area contributed by atoms with Gasteiger partial charge < -0.3 is 14.8 Å². The minimum absolute atomic E-state index is 0.110. The molecule has 1 aliphatic carbocycles. The highest BCUT2D eigenvalue weighted by molar-refractivity contribution is 5.86. The van der Waals surface area contributed by atoms with Crippen LogP contribution in [0, 0.1) is 12.8 Å². The molecular weight excluding hydrogens is 398 g/mol. The van der Waals surface area contributed by atoms with Crippen molar-refractivity contribution in [2.24, 2.45) is 5.92 Å². The van der Waals surface area contributed by atoms with Gasteiger partial charge in [0.1, 0.15) is 18.0 Å². The van der Waals surface area contributed by atoms with Crippen LogP contribution in [0.25, 0.3) is 0 Å². The number of aryl methyl sites for hydroxylation is 1. The van der Waals surface area contributed by atoms with Gasteiger partial charge in [0.25, 0.3) is 0 Å². The van der Waals surface area contributed by atoms with Gasteiger partial charge in [-0.2, -0.15) is 0 Å². The molecule has 1 aromatic heterocycles. The van der Waals surface area contributed by atoms with Crippen LogP contribution in [0.4, 0.5) is 10.6 Å². The number of anilines is 1. The second-order valence-corrected chi connectivity index (χ2v) is 9.01. The Morgan fingerprint density at radius 1 is 1.23 bits per heavy atom. The minimum Gasteiger partial charge on any atom is -0.464 e. The van der Waals surface area contributed by atoms with E-state index >= 15 is 0 Å². The largest absolute Gasteiger partial charge is 0.464 e. The Labute approximate surface area is 184 Å². The molecule has 31 heavy (non-hydrogen) atoms. The molecule has 8 nitrogen and oxygen atoms in total. The Balaban J connectivity index is 1.73. The third-order valence-electron chi connectivity index (χ3n) is 4.74. The van der Waals surface area contributed by atoms with Gasteiger partial charge in [-0.25, -0.2) is 9.78 Å². The van der Waals surface area contributed by atoms with Crippen LogP contribution in [0.15, 0.2) is 18.3 Å². The molecule has 1 heterocycles. The van der Waals surface area contributed by atoms with Crippen LogP contribution in [0.5, 0.6) is 0 Å². The summed E-state index contributed by atoms with van der Waals surface area (Å²) in [6.45, 7) is 8.06. The standard InChI is InChI=1S/C23H35N3O5/c1-17-10-12-24-19(15-17)26(22(29)31-23(2,3)4)13-6-5-7-20(27)25-16-21(28)30-14-11-18-8-9-18/h10,12,15,18H,5-9,11,13-14,16H2,1-4H3,(H,25,27). The first kappa shape index (κ1) is 24.6. The fourth-order valence-corrected chi connectivity index (χ4v) is 2.90. The van der Waals surface area contributed by atoms with Gasteiger partial charge in [-0.3, -0.25) is 14.5 Å². The molecule has 0 aliphatic heterocycles. The molecule has 0 radical (unpaired) electrons. The average Bonchev–Trinajstić information content (AvgIpc) is 3.49. The number of unbranched alkanes of at least 4 members (excludes halogenated alkanes) is 1. The topological polar surface area (TPSA) is 97.8 Å². The van der Waals surface area contributed by atoms with Crippen molar-refractivity contribution >= 4 is 23.8 Å². The SMILES string of the molecule is Cc1ccnc(N(CCCCC(=O)NCC(=O)OCCC2CC2)C(=O)OC(C)(C)C)c1. The molecule has 1 aliphatic rings. The van der Waals surface area contributed by atoms with E-state index in [0.717, 1.165) is 12.0 Å². The number of ether oxygens (including phenoxy) is 2. The first-order valence-corrected chi connectivity index (χ1v) is 11.0. The van der Waals surface area contributed by atoms with Crippen molar-refractivity contribution < 1.29 is 23.9 Å². The Bertz CT molecular complexity index is 756. The summed E-state index contributed by atoms with van der Waals surface area (Å²) in [5.41, 5.74) is 0.369. The van der Waals surface area contributed by atoms with Gasteiger partial charge in [-0.05, 0) is 70.6 Å². The Morgan fingerprint density at radius 2 is 1.97 bits per heavy atom. The normalized spacial score (nSPS) is 13.4. The number of aromatic nitrogens is 1. The number of rotatable bonds is 11. The lowest BCUT2D eigenvalue weighted by atomic mass is 10.2. The second kappa shape index (κ2) is 11.7. The first-order chi connectivity index (χ1) is 14.6. The number of pyridine rings is 1. The molecule has 0 spiro atoms. The molecular formula is C23H35N3O5. The number of amides is 2. The van der Waals surface area contributed by atoms with Crippen LogP contribution in [0.3, 0.4) is 0 Å². The van der Waals surface area contributed by atoms with E-state index in [1.54, 1.807) is 6.20 Å². The van der Waals surface area contributed by atoms with Gasteiger partial charge in [0.15, 0.2) is 0 Å². The van der Waals surface area contributed by atoms with Gasteiger partial charge in [-0.1, -0.05) is 12.8 Å². The molecule has 1 N–H and O–H groups in total. The van der Waals surface area contributed by atoms with Crippen LogP contribution < -0.4 is 10.2 Å². The van der Waals surface area contributed by atoms with E-state index in [2.05, 4.69) is 10.3 Å². The highest BCUT2D eigenvalue weighted by Crippen LogP contribution is 2.32. The van der Waals surface area contributed by atoms with Gasteiger partial charge in [0.2, 0.25) is 5.91 Å². The van der Waals surface area contributed by atoms with Crippen molar-refractivity contribution in [1.82, 2.24) is 10.3 Å². The fraction of sp³-hybridized carbons (Fsp3) is 0.652. The summed E-state index contributed by atoms with van der Waals surface area (Å²) in [6, 6.07) is 3.68. The van der Waals surface area contributed by atoms with Crippen LogP contribution in [-0.4, -0.2) is 48.3 Å². The average molecular weight is 434 g/mol. The predicted molar refractivity (Wildman–Crippen MR) is 118 cm³/mol. The molecule has 172 valence electrons. The van der Waals surface area contributed by atoms with Crippen LogP contribution in [-0.2, 0) is 19.1 Å². The third kappa shape index (κ3) is 10.3. The van der Waals surface area contributed by atoms with Crippen molar-refractivity contribution in [3.05, 3.63) is 23.9 Å². The van der Waals surface area contributed by atoms with Crippen LogP contribution in [0.1, 0.15) is 64.9 Å². The van der Waals surface area contributed by atoms with Crippen molar-refractivity contribution in [1.29, 1.82) is 0 Å². The lowest BCUT2D eigenvalue weighted by molar-refractivity contribution is -0.144. The lowest BCUT2D eigenvalue weighted by Crippen LogP contribution is -2.38. The van der Waals surface area contributed by atoms with Crippen molar-refractivity contribution in [2.45, 2.75) is 71.8 Å². The van der Waals surface area contributed by atoms with E-state index in [0.29, 0.717) is 37.7 Å². The zero-order valence-corrected chi connectivity index (χ0v) is 19.1. The van der Waals surface area contributed by atoms with Gasteiger partial charge in [0, 0.05) is 19.2 Å². The quantitative estimate of drug-likeness (QED) is 0.421. The number of nitrogens with one attached hydrogen (secondary N) is 1. The molecule has 2 rings (SSSR count). The molecule has 1 aromatic rings. The van der Waals surface area contributed by atoms with E-state index in [-0.39, 0.29) is 18.9 Å². The summed E-state index contributed by atoms with van der Waals surface area (Å²) in [5.74, 6) is 0.609. The van der Waals surface area contributed by atoms with E-state index in [4.69, 9.17) is 9.47 Å². The van der Waals surface area contributed by atoms with Crippen molar-refractivity contribution in [3.63, 3.8) is 0 Å². The number of carbonyl (C=O) groups excluding carboxylic acids is 3. The van der Waals surface area contributed by atoms with Crippen LogP contribution in [0.2, 0.25) is 0 Å². The summed E-state index contributed by atoms with van der Waals surface area (Å²) >= 11 is 0.